The molecule has 0 fully saturated rings. The van der Waals surface area contributed by atoms with Crippen LogP contribution in [0.25, 0.3) is 0 Å². The summed E-state index contributed by atoms with van der Waals surface area (Å²) in [4.78, 5) is 0. The van der Waals surface area contributed by atoms with Crippen molar-refractivity contribution in [2.75, 3.05) is 6.61 Å². The van der Waals surface area contributed by atoms with E-state index in [-0.39, 0.29) is 17.4 Å². The van der Waals surface area contributed by atoms with Crippen LogP contribution in [-0.4, -0.2) is 11.7 Å². The fourth-order valence-corrected chi connectivity index (χ4v) is 5.02. The Morgan fingerprint density at radius 1 is 1.00 bits per heavy atom. The molecule has 0 aromatic heterocycles. The Kier molecular flexibility index (Phi) is 11.6. The number of rotatable bonds is 10. The monoisotopic (exact) mass is 428 g/mol. The van der Waals surface area contributed by atoms with Gasteiger partial charge in [0.25, 0.3) is 0 Å². The zero-order valence-corrected chi connectivity index (χ0v) is 22.3. The van der Waals surface area contributed by atoms with Crippen LogP contribution >= 0.6 is 0 Å². The summed E-state index contributed by atoms with van der Waals surface area (Å²) in [6.45, 7) is 20.9. The quantitative estimate of drug-likeness (QED) is 0.291. The molecule has 1 aliphatic carbocycles. The fraction of sp³-hybridized carbons (Fsp3) is 0.733. The summed E-state index contributed by atoms with van der Waals surface area (Å²) in [5.74, 6) is 0.697. The van der Waals surface area contributed by atoms with E-state index in [9.17, 15) is 5.11 Å². The van der Waals surface area contributed by atoms with Gasteiger partial charge in [-0.15, -0.1) is 0 Å². The van der Waals surface area contributed by atoms with Crippen molar-refractivity contribution in [2.24, 2.45) is 11.3 Å². The molecule has 0 radical (unpaired) electrons. The average Bonchev–Trinajstić information content (AvgIpc) is 2.75. The fourth-order valence-electron chi connectivity index (χ4n) is 5.02. The smallest absolute Gasteiger partial charge is 0.0641 e. The molecule has 178 valence electrons. The first-order valence-corrected chi connectivity index (χ1v) is 13.0. The van der Waals surface area contributed by atoms with E-state index >= 15 is 0 Å². The van der Waals surface area contributed by atoms with Gasteiger partial charge in [-0.3, -0.25) is 0 Å². The van der Waals surface area contributed by atoms with E-state index < -0.39 is 0 Å². The molecule has 0 spiro atoms. The molecule has 0 heterocycles. The molecule has 0 amide bonds. The van der Waals surface area contributed by atoms with Gasteiger partial charge in [0.15, 0.2) is 0 Å². The van der Waals surface area contributed by atoms with Gasteiger partial charge in [0.05, 0.1) is 6.61 Å². The van der Waals surface area contributed by atoms with E-state index in [1.54, 1.807) is 5.56 Å². The third-order valence-corrected chi connectivity index (χ3v) is 7.67. The number of hydrogen-bond acceptors (Lipinski definition) is 1. The van der Waals surface area contributed by atoms with Crippen molar-refractivity contribution in [1.29, 1.82) is 0 Å². The molecule has 1 aliphatic rings. The Morgan fingerprint density at radius 3 is 2.23 bits per heavy atom. The number of benzene rings is 1. The van der Waals surface area contributed by atoms with Gasteiger partial charge >= 0.3 is 0 Å². The predicted molar refractivity (Wildman–Crippen MR) is 139 cm³/mol. The number of unbranched alkanes of at least 4 members (excludes halogenated alkanes) is 3. The lowest BCUT2D eigenvalue weighted by atomic mass is 9.67. The first kappa shape index (κ1) is 28.0. The lowest BCUT2D eigenvalue weighted by Crippen LogP contribution is -2.29. The van der Waals surface area contributed by atoms with Crippen molar-refractivity contribution in [1.82, 2.24) is 0 Å². The van der Waals surface area contributed by atoms with E-state index in [0.29, 0.717) is 5.92 Å². The summed E-state index contributed by atoms with van der Waals surface area (Å²) >= 11 is 0. The highest BCUT2D eigenvalue weighted by molar-refractivity contribution is 5.41. The Morgan fingerprint density at radius 2 is 1.68 bits per heavy atom. The summed E-state index contributed by atoms with van der Waals surface area (Å²) < 4.78 is 0. The SMILES string of the molecule is CC.CCCCCCC(C)(C)c1cc(C)c(C)c(CC(C)(C)C2CC=C(CO)CC2)c1. The first-order chi connectivity index (χ1) is 14.6. The number of aliphatic hydroxyl groups is 1. The molecule has 1 atom stereocenters. The number of hydrogen-bond donors (Lipinski definition) is 1. The molecule has 1 N–H and O–H groups in total. The highest BCUT2D eigenvalue weighted by Gasteiger charge is 2.32. The molecule has 0 saturated carbocycles. The third-order valence-electron chi connectivity index (χ3n) is 7.67. The number of allylic oxidation sites excluding steroid dienone is 1. The Hall–Kier alpha value is -1.08. The van der Waals surface area contributed by atoms with Crippen molar-refractivity contribution in [3.63, 3.8) is 0 Å². The second-order valence-electron chi connectivity index (χ2n) is 10.9. The van der Waals surface area contributed by atoms with Gasteiger partial charge in [0.1, 0.15) is 0 Å². The Balaban J connectivity index is 0.00000233. The standard InChI is InChI=1S/C28H46O.C2H6/c1-8-9-10-11-16-27(4,5)26-17-21(2)22(3)24(18-26)19-28(6,7)25-14-12-23(20-29)13-15-25;1-2/h12,17-18,25,29H,8-11,13-16,19-20H2,1-7H3;1-2H3. The van der Waals surface area contributed by atoms with Gasteiger partial charge in [-0.05, 0) is 90.5 Å². The van der Waals surface area contributed by atoms with Crippen LogP contribution in [0.5, 0.6) is 0 Å². The minimum Gasteiger partial charge on any atom is -0.392 e. The largest absolute Gasteiger partial charge is 0.392 e. The van der Waals surface area contributed by atoms with Gasteiger partial charge in [-0.1, -0.05) is 92.4 Å². The number of aliphatic hydroxyl groups excluding tert-OH is 1. The van der Waals surface area contributed by atoms with Crippen LogP contribution in [0.4, 0.5) is 0 Å². The predicted octanol–water partition coefficient (Wildman–Crippen LogP) is 8.87. The van der Waals surface area contributed by atoms with Crippen LogP contribution in [0, 0.1) is 25.2 Å². The van der Waals surface area contributed by atoms with E-state index in [1.165, 1.54) is 60.8 Å². The Labute approximate surface area is 194 Å². The van der Waals surface area contributed by atoms with Crippen LogP contribution < -0.4 is 0 Å². The lowest BCUT2D eigenvalue weighted by Gasteiger charge is -2.37. The summed E-state index contributed by atoms with van der Waals surface area (Å²) in [7, 11) is 0. The average molecular weight is 429 g/mol. The molecule has 1 aromatic rings. The maximum absolute atomic E-state index is 9.41. The summed E-state index contributed by atoms with van der Waals surface area (Å²) in [5.41, 5.74) is 7.74. The normalized spacial score (nSPS) is 17.1. The molecule has 1 heteroatoms. The summed E-state index contributed by atoms with van der Waals surface area (Å²) in [6.07, 6.45) is 13.4. The zero-order chi connectivity index (χ0) is 23.7. The first-order valence-electron chi connectivity index (χ1n) is 13.0. The van der Waals surface area contributed by atoms with Crippen LogP contribution in [0.2, 0.25) is 0 Å². The van der Waals surface area contributed by atoms with Crippen molar-refractivity contribution in [2.45, 2.75) is 126 Å². The maximum atomic E-state index is 9.41. The second-order valence-corrected chi connectivity index (χ2v) is 10.9. The van der Waals surface area contributed by atoms with Crippen LogP contribution in [0.1, 0.15) is 122 Å². The molecule has 0 aliphatic heterocycles. The van der Waals surface area contributed by atoms with E-state index in [4.69, 9.17) is 0 Å². The molecule has 31 heavy (non-hydrogen) atoms. The Bertz CT molecular complexity index is 693. The third kappa shape index (κ3) is 8.08. The van der Waals surface area contributed by atoms with Gasteiger partial charge in [-0.25, -0.2) is 0 Å². The van der Waals surface area contributed by atoms with Crippen molar-refractivity contribution < 1.29 is 5.11 Å². The zero-order valence-electron chi connectivity index (χ0n) is 22.3. The van der Waals surface area contributed by atoms with E-state index in [2.05, 4.69) is 66.7 Å². The molecule has 1 unspecified atom stereocenters. The number of aryl methyl sites for hydroxylation is 1. The minimum atomic E-state index is 0.237. The van der Waals surface area contributed by atoms with Crippen molar-refractivity contribution in [3.8, 4) is 0 Å². The van der Waals surface area contributed by atoms with Gasteiger partial charge in [0, 0.05) is 0 Å². The topological polar surface area (TPSA) is 20.2 Å². The molecule has 2 rings (SSSR count). The lowest BCUT2D eigenvalue weighted by molar-refractivity contribution is 0.188. The molecule has 0 bridgehead atoms. The second kappa shape index (κ2) is 12.8. The van der Waals surface area contributed by atoms with Crippen molar-refractivity contribution in [3.05, 3.63) is 46.0 Å². The van der Waals surface area contributed by atoms with E-state index in [0.717, 1.165) is 19.3 Å². The minimum absolute atomic E-state index is 0.237. The van der Waals surface area contributed by atoms with Crippen molar-refractivity contribution >= 4 is 0 Å². The maximum Gasteiger partial charge on any atom is 0.0641 e. The summed E-state index contributed by atoms with van der Waals surface area (Å²) in [5, 5.41) is 9.41. The van der Waals surface area contributed by atoms with Crippen LogP contribution in [0.15, 0.2) is 23.8 Å². The molecular formula is C30H52O. The molecular weight excluding hydrogens is 376 g/mol. The van der Waals surface area contributed by atoms with Crippen LogP contribution in [0.3, 0.4) is 0 Å². The highest BCUT2D eigenvalue weighted by Crippen LogP contribution is 2.41. The van der Waals surface area contributed by atoms with E-state index in [1.807, 2.05) is 13.8 Å². The molecule has 1 nitrogen and oxygen atoms in total. The highest BCUT2D eigenvalue weighted by atomic mass is 16.3. The molecule has 1 aromatic carbocycles. The molecule has 0 saturated heterocycles. The van der Waals surface area contributed by atoms with Gasteiger partial charge in [0.2, 0.25) is 0 Å². The van der Waals surface area contributed by atoms with Crippen LogP contribution in [-0.2, 0) is 11.8 Å². The van der Waals surface area contributed by atoms with Gasteiger partial charge in [-0.2, -0.15) is 0 Å². The summed E-state index contributed by atoms with van der Waals surface area (Å²) in [6, 6.07) is 4.98. The van der Waals surface area contributed by atoms with Gasteiger partial charge < -0.3 is 5.11 Å².